The van der Waals surface area contributed by atoms with Crippen LogP contribution in [0.2, 0.25) is 0 Å². The molecule has 3 heterocycles. The molecular formula is C15H18N4O3S. The lowest BCUT2D eigenvalue weighted by atomic mass is 9.93. The molecule has 1 aliphatic heterocycles. The van der Waals surface area contributed by atoms with Crippen LogP contribution >= 0.6 is 0 Å². The van der Waals surface area contributed by atoms with Gasteiger partial charge in [-0.3, -0.25) is 4.79 Å². The van der Waals surface area contributed by atoms with Crippen molar-refractivity contribution in [3.8, 4) is 5.75 Å². The van der Waals surface area contributed by atoms with E-state index >= 15 is 0 Å². The Labute approximate surface area is 136 Å². The van der Waals surface area contributed by atoms with Crippen LogP contribution in [-0.2, 0) is 22.4 Å². The topological polar surface area (TPSA) is 102 Å². The van der Waals surface area contributed by atoms with Gasteiger partial charge in [-0.2, -0.15) is 14.7 Å². The molecule has 1 aliphatic rings. The summed E-state index contributed by atoms with van der Waals surface area (Å²) in [6, 6.07) is 3.50. The molecule has 0 spiro atoms. The normalized spacial score (nSPS) is 19.6. The molecule has 122 valence electrons. The molecule has 23 heavy (non-hydrogen) atoms. The molecule has 0 bridgehead atoms. The number of carbonyl (C=O) groups excluding carboxylic acids is 1. The summed E-state index contributed by atoms with van der Waals surface area (Å²) in [5.74, 6) is -0.137. The van der Waals surface area contributed by atoms with Crippen molar-refractivity contribution >= 4 is 28.3 Å². The highest BCUT2D eigenvalue weighted by atomic mass is 32.2. The van der Waals surface area contributed by atoms with Crippen LogP contribution in [0.15, 0.2) is 22.3 Å². The maximum Gasteiger partial charge on any atom is 0.246 e. The smallest absolute Gasteiger partial charge is 0.246 e. The predicted molar refractivity (Wildman–Crippen MR) is 87.0 cm³/mol. The van der Waals surface area contributed by atoms with Gasteiger partial charge < -0.3 is 9.66 Å². The van der Waals surface area contributed by atoms with Crippen molar-refractivity contribution in [3.05, 3.63) is 23.4 Å². The molecule has 0 aromatic carbocycles. The van der Waals surface area contributed by atoms with Crippen LogP contribution in [0.1, 0.15) is 31.5 Å². The lowest BCUT2D eigenvalue weighted by molar-refractivity contribution is -0.121. The maximum absolute atomic E-state index is 11.9. The van der Waals surface area contributed by atoms with Gasteiger partial charge in [-0.25, -0.2) is 5.43 Å². The zero-order chi connectivity index (χ0) is 16.7. The van der Waals surface area contributed by atoms with Gasteiger partial charge in [-0.05, 0) is 12.5 Å². The SMILES string of the molecule is CCc1nn2c([S+](C)[O-])ccc(C3=NNC(=O)CC3C)c2c1O. The Hall–Kier alpha value is -2.06. The van der Waals surface area contributed by atoms with Crippen LogP contribution in [-0.4, -0.2) is 37.1 Å². The molecule has 2 atom stereocenters. The summed E-state index contributed by atoms with van der Waals surface area (Å²) in [7, 11) is 0. The summed E-state index contributed by atoms with van der Waals surface area (Å²) in [5, 5.41) is 19.6. The van der Waals surface area contributed by atoms with Crippen LogP contribution in [0.4, 0.5) is 0 Å². The van der Waals surface area contributed by atoms with Crippen LogP contribution < -0.4 is 5.43 Å². The van der Waals surface area contributed by atoms with Crippen molar-refractivity contribution in [2.24, 2.45) is 11.0 Å². The zero-order valence-electron chi connectivity index (χ0n) is 13.2. The van der Waals surface area contributed by atoms with E-state index in [1.54, 1.807) is 18.4 Å². The molecule has 3 rings (SSSR count). The van der Waals surface area contributed by atoms with E-state index in [0.29, 0.717) is 40.4 Å². The van der Waals surface area contributed by atoms with Crippen molar-refractivity contribution in [2.75, 3.05) is 6.26 Å². The number of hydrazone groups is 1. The van der Waals surface area contributed by atoms with Crippen molar-refractivity contribution in [2.45, 2.75) is 31.7 Å². The first kappa shape index (κ1) is 15.8. The van der Waals surface area contributed by atoms with Crippen LogP contribution in [0, 0.1) is 5.92 Å². The first-order valence-electron chi connectivity index (χ1n) is 7.37. The molecule has 7 nitrogen and oxygen atoms in total. The summed E-state index contributed by atoms with van der Waals surface area (Å²) < 4.78 is 13.5. The molecule has 2 unspecified atom stereocenters. The number of aromatic hydroxyl groups is 1. The van der Waals surface area contributed by atoms with Crippen LogP contribution in [0.25, 0.3) is 5.52 Å². The fourth-order valence-electron chi connectivity index (χ4n) is 2.80. The second kappa shape index (κ2) is 5.86. The highest BCUT2D eigenvalue weighted by molar-refractivity contribution is 7.90. The molecule has 8 heteroatoms. The Morgan fingerprint density at radius 1 is 1.52 bits per heavy atom. The predicted octanol–water partition coefficient (Wildman–Crippen LogP) is 1.20. The standard InChI is InChI=1S/C15H18N4O3S/c1-4-10-15(21)14-9(13-8(2)7-11(20)16-17-13)5-6-12(23(3)22)19(14)18-10/h5-6,8,21H,4,7H2,1-3H3,(H,16,20). The number of hydrogen-bond donors (Lipinski definition) is 2. The molecule has 0 radical (unpaired) electrons. The number of hydrogen-bond acceptors (Lipinski definition) is 5. The Kier molecular flexibility index (Phi) is 4.03. The Bertz CT molecular complexity index is 813. The number of aryl methyl sites for hydroxylation is 1. The average Bonchev–Trinajstić information content (AvgIpc) is 2.84. The van der Waals surface area contributed by atoms with E-state index in [2.05, 4.69) is 15.6 Å². The minimum Gasteiger partial charge on any atom is -0.610 e. The highest BCUT2D eigenvalue weighted by Crippen LogP contribution is 2.31. The molecule has 0 aliphatic carbocycles. The van der Waals surface area contributed by atoms with Gasteiger partial charge in [0.05, 0.1) is 5.71 Å². The summed E-state index contributed by atoms with van der Waals surface area (Å²) in [4.78, 5) is 11.4. The zero-order valence-corrected chi connectivity index (χ0v) is 14.0. The van der Waals surface area contributed by atoms with Gasteiger partial charge in [-0.15, -0.1) is 0 Å². The largest absolute Gasteiger partial charge is 0.610 e. The number of fused-ring (bicyclic) bond motifs is 1. The Morgan fingerprint density at radius 2 is 2.26 bits per heavy atom. The van der Waals surface area contributed by atoms with E-state index in [-0.39, 0.29) is 17.6 Å². The molecular weight excluding hydrogens is 316 g/mol. The fraction of sp³-hybridized carbons (Fsp3) is 0.400. The molecule has 2 aromatic rings. The third-order valence-corrected chi connectivity index (χ3v) is 4.85. The van der Waals surface area contributed by atoms with Gasteiger partial charge in [0.25, 0.3) is 0 Å². The van der Waals surface area contributed by atoms with Crippen LogP contribution in [0.3, 0.4) is 0 Å². The first-order chi connectivity index (χ1) is 10.9. The number of pyridine rings is 1. The lowest BCUT2D eigenvalue weighted by Gasteiger charge is -2.20. The monoisotopic (exact) mass is 334 g/mol. The second-order valence-corrected chi connectivity index (χ2v) is 6.91. The van der Waals surface area contributed by atoms with Gasteiger partial charge in [0.15, 0.2) is 5.75 Å². The first-order valence-corrected chi connectivity index (χ1v) is 8.93. The molecule has 0 fully saturated rings. The van der Waals surface area contributed by atoms with Gasteiger partial charge in [0.2, 0.25) is 10.9 Å². The van der Waals surface area contributed by atoms with Gasteiger partial charge in [-0.1, -0.05) is 13.8 Å². The third-order valence-electron chi connectivity index (χ3n) is 3.95. The quantitative estimate of drug-likeness (QED) is 0.823. The third kappa shape index (κ3) is 2.57. The van der Waals surface area contributed by atoms with E-state index in [0.717, 1.165) is 0 Å². The maximum atomic E-state index is 11.9. The molecule has 2 N–H and O–H groups in total. The second-order valence-electron chi connectivity index (χ2n) is 5.59. The Balaban J connectivity index is 2.28. The average molecular weight is 334 g/mol. The molecule has 0 saturated carbocycles. The van der Waals surface area contributed by atoms with E-state index in [4.69, 9.17) is 0 Å². The number of rotatable bonds is 3. The minimum atomic E-state index is -1.25. The number of amides is 1. The van der Waals surface area contributed by atoms with Gasteiger partial charge in [0, 0.05) is 35.1 Å². The molecule has 2 aromatic heterocycles. The van der Waals surface area contributed by atoms with E-state index in [1.165, 1.54) is 4.52 Å². The van der Waals surface area contributed by atoms with Gasteiger partial charge >= 0.3 is 0 Å². The van der Waals surface area contributed by atoms with Crippen LogP contribution in [0.5, 0.6) is 5.75 Å². The van der Waals surface area contributed by atoms with Gasteiger partial charge in [0.1, 0.15) is 17.5 Å². The molecule has 1 amide bonds. The van der Waals surface area contributed by atoms with E-state index < -0.39 is 11.2 Å². The summed E-state index contributed by atoms with van der Waals surface area (Å²) in [5.41, 5.74) is 4.88. The lowest BCUT2D eigenvalue weighted by Crippen LogP contribution is -2.32. The molecule has 0 saturated heterocycles. The van der Waals surface area contributed by atoms with E-state index in [9.17, 15) is 14.5 Å². The minimum absolute atomic E-state index is 0.0709. The highest BCUT2D eigenvalue weighted by Gasteiger charge is 2.27. The number of nitrogens with zero attached hydrogens (tertiary/aromatic N) is 3. The number of carbonyl (C=O) groups is 1. The van der Waals surface area contributed by atoms with E-state index in [1.807, 2.05) is 13.8 Å². The fourth-order valence-corrected chi connectivity index (χ4v) is 3.44. The Morgan fingerprint density at radius 3 is 2.87 bits per heavy atom. The summed E-state index contributed by atoms with van der Waals surface area (Å²) >= 11 is -1.25. The van der Waals surface area contributed by atoms with Crippen molar-refractivity contribution in [1.29, 1.82) is 0 Å². The summed E-state index contributed by atoms with van der Waals surface area (Å²) in [6.07, 6.45) is 2.46. The summed E-state index contributed by atoms with van der Waals surface area (Å²) in [6.45, 7) is 3.80. The number of nitrogens with one attached hydrogen (secondary N) is 1. The van der Waals surface area contributed by atoms with Crippen molar-refractivity contribution in [3.63, 3.8) is 0 Å². The van der Waals surface area contributed by atoms with Crippen molar-refractivity contribution < 1.29 is 14.5 Å². The number of aromatic nitrogens is 2. The van der Waals surface area contributed by atoms with Crippen molar-refractivity contribution in [1.82, 2.24) is 15.0 Å².